The average molecular weight is 377 g/mol. The highest BCUT2D eigenvalue weighted by molar-refractivity contribution is 6.13. The van der Waals surface area contributed by atoms with Crippen molar-refractivity contribution in [1.29, 1.82) is 0 Å². The molecular weight excluding hydrogens is 354 g/mol. The molecule has 2 aliphatic rings. The predicted molar refractivity (Wildman–Crippen MR) is 107 cm³/mol. The molecule has 0 spiro atoms. The number of hydrogen-bond acceptors (Lipinski definition) is 3. The second kappa shape index (κ2) is 7.11. The Balaban J connectivity index is 1.62. The topological polar surface area (TPSA) is 69.7 Å². The molecule has 1 saturated heterocycles. The first-order valence-electron chi connectivity index (χ1n) is 9.54. The molecule has 0 aliphatic carbocycles. The monoisotopic (exact) mass is 377 g/mol. The standard InChI is InChI=1S/C22H23N3O3/c1-14-9-10-16(12-15(14)2)23-20(26)13-25-18-7-4-3-6-17(18)21(27)24-11-5-8-19(24)22(25)28/h3-4,6-7,9-10,12,19H,5,8,11,13H2,1-2H3,(H,23,26)/t19-/m1/s1. The molecule has 1 N–H and O–H groups in total. The van der Waals surface area contributed by atoms with E-state index in [9.17, 15) is 14.4 Å². The normalized spacial score (nSPS) is 18.6. The second-order valence-corrected chi connectivity index (χ2v) is 7.45. The van der Waals surface area contributed by atoms with E-state index in [0.717, 1.165) is 17.5 Å². The van der Waals surface area contributed by atoms with Crippen molar-refractivity contribution in [3.8, 4) is 0 Å². The van der Waals surface area contributed by atoms with Crippen LogP contribution in [0.5, 0.6) is 0 Å². The summed E-state index contributed by atoms with van der Waals surface area (Å²) >= 11 is 0. The molecule has 6 heteroatoms. The summed E-state index contributed by atoms with van der Waals surface area (Å²) in [6, 6.07) is 12.2. The number of carbonyl (C=O) groups excluding carboxylic acids is 3. The summed E-state index contributed by atoms with van der Waals surface area (Å²) in [7, 11) is 0. The smallest absolute Gasteiger partial charge is 0.256 e. The van der Waals surface area contributed by atoms with E-state index in [1.807, 2.05) is 32.0 Å². The molecule has 2 aromatic rings. The lowest BCUT2D eigenvalue weighted by atomic mass is 10.1. The SMILES string of the molecule is Cc1ccc(NC(=O)CN2C(=O)[C@H]3CCCN3C(=O)c3ccccc32)cc1C. The van der Waals surface area contributed by atoms with Crippen molar-refractivity contribution in [3.63, 3.8) is 0 Å². The third kappa shape index (κ3) is 3.15. The molecule has 2 heterocycles. The van der Waals surface area contributed by atoms with Gasteiger partial charge in [0.1, 0.15) is 12.6 Å². The summed E-state index contributed by atoms with van der Waals surface area (Å²) in [5.41, 5.74) is 3.90. The van der Waals surface area contributed by atoms with Crippen LogP contribution in [0.2, 0.25) is 0 Å². The van der Waals surface area contributed by atoms with Gasteiger partial charge in [-0.1, -0.05) is 18.2 Å². The van der Waals surface area contributed by atoms with Gasteiger partial charge in [0, 0.05) is 12.2 Å². The summed E-state index contributed by atoms with van der Waals surface area (Å²) < 4.78 is 0. The van der Waals surface area contributed by atoms with E-state index < -0.39 is 6.04 Å². The Morgan fingerprint density at radius 3 is 2.68 bits per heavy atom. The zero-order valence-electron chi connectivity index (χ0n) is 16.1. The predicted octanol–water partition coefficient (Wildman–Crippen LogP) is 2.89. The minimum atomic E-state index is -0.491. The lowest BCUT2D eigenvalue weighted by Gasteiger charge is -2.25. The van der Waals surface area contributed by atoms with Gasteiger partial charge in [0.15, 0.2) is 0 Å². The number of benzene rings is 2. The van der Waals surface area contributed by atoms with Crippen molar-refractivity contribution in [2.24, 2.45) is 0 Å². The quantitative estimate of drug-likeness (QED) is 0.894. The number of fused-ring (bicyclic) bond motifs is 2. The molecule has 0 unspecified atom stereocenters. The molecule has 144 valence electrons. The number of nitrogens with zero attached hydrogens (tertiary/aromatic N) is 2. The van der Waals surface area contributed by atoms with Crippen LogP contribution in [0.15, 0.2) is 42.5 Å². The first-order chi connectivity index (χ1) is 13.5. The maximum atomic E-state index is 13.2. The third-order valence-electron chi connectivity index (χ3n) is 5.58. The van der Waals surface area contributed by atoms with Crippen LogP contribution in [0.25, 0.3) is 0 Å². The maximum Gasteiger partial charge on any atom is 0.256 e. The largest absolute Gasteiger partial charge is 0.327 e. The van der Waals surface area contributed by atoms with Gasteiger partial charge in [-0.2, -0.15) is 0 Å². The van der Waals surface area contributed by atoms with Crippen LogP contribution in [0, 0.1) is 13.8 Å². The highest BCUT2D eigenvalue weighted by atomic mass is 16.2. The van der Waals surface area contributed by atoms with Crippen molar-refractivity contribution in [3.05, 3.63) is 59.2 Å². The Kier molecular flexibility index (Phi) is 4.63. The summed E-state index contributed by atoms with van der Waals surface area (Å²) in [4.78, 5) is 41.9. The van der Waals surface area contributed by atoms with Crippen LogP contribution >= 0.6 is 0 Å². The van der Waals surface area contributed by atoms with Gasteiger partial charge < -0.3 is 15.1 Å². The van der Waals surface area contributed by atoms with Crippen molar-refractivity contribution in [2.45, 2.75) is 32.7 Å². The minimum Gasteiger partial charge on any atom is -0.327 e. The number of nitrogens with one attached hydrogen (secondary N) is 1. The van der Waals surface area contributed by atoms with Gasteiger partial charge in [-0.25, -0.2) is 0 Å². The second-order valence-electron chi connectivity index (χ2n) is 7.45. The first kappa shape index (κ1) is 18.2. The zero-order valence-corrected chi connectivity index (χ0v) is 16.1. The molecule has 3 amide bonds. The fourth-order valence-electron chi connectivity index (χ4n) is 3.94. The highest BCUT2D eigenvalue weighted by Gasteiger charge is 2.42. The Labute approximate surface area is 164 Å². The fraction of sp³-hybridized carbons (Fsp3) is 0.318. The Bertz CT molecular complexity index is 969. The Morgan fingerprint density at radius 2 is 1.89 bits per heavy atom. The number of aryl methyl sites for hydroxylation is 2. The van der Waals surface area contributed by atoms with Crippen LogP contribution < -0.4 is 10.2 Å². The molecular formula is C22H23N3O3. The van der Waals surface area contributed by atoms with Crippen molar-refractivity contribution >= 4 is 29.1 Å². The lowest BCUT2D eigenvalue weighted by molar-refractivity contribution is -0.124. The molecule has 1 fully saturated rings. The molecule has 6 nitrogen and oxygen atoms in total. The van der Waals surface area contributed by atoms with Crippen molar-refractivity contribution < 1.29 is 14.4 Å². The number of para-hydroxylation sites is 1. The number of anilines is 2. The number of carbonyl (C=O) groups is 3. The van der Waals surface area contributed by atoms with Crippen LogP contribution in [0.1, 0.15) is 34.3 Å². The van der Waals surface area contributed by atoms with E-state index >= 15 is 0 Å². The van der Waals surface area contributed by atoms with Crippen LogP contribution in [-0.2, 0) is 9.59 Å². The van der Waals surface area contributed by atoms with Gasteiger partial charge in [0.05, 0.1) is 11.3 Å². The highest BCUT2D eigenvalue weighted by Crippen LogP contribution is 2.32. The summed E-state index contributed by atoms with van der Waals surface area (Å²) in [6.07, 6.45) is 1.43. The Hall–Kier alpha value is -3.15. The molecule has 2 aliphatic heterocycles. The zero-order chi connectivity index (χ0) is 19.8. The van der Waals surface area contributed by atoms with Gasteiger partial charge in [-0.15, -0.1) is 0 Å². The van der Waals surface area contributed by atoms with E-state index in [-0.39, 0.29) is 24.3 Å². The van der Waals surface area contributed by atoms with Crippen LogP contribution in [-0.4, -0.2) is 41.8 Å². The lowest BCUT2D eigenvalue weighted by Crippen LogP contribution is -2.47. The number of hydrogen-bond donors (Lipinski definition) is 1. The third-order valence-corrected chi connectivity index (χ3v) is 5.58. The molecule has 0 radical (unpaired) electrons. The van der Waals surface area contributed by atoms with Gasteiger partial charge in [0.25, 0.3) is 5.91 Å². The molecule has 4 rings (SSSR count). The Morgan fingerprint density at radius 1 is 1.11 bits per heavy atom. The van der Waals surface area contributed by atoms with Crippen LogP contribution in [0.3, 0.4) is 0 Å². The van der Waals surface area contributed by atoms with E-state index in [1.165, 1.54) is 4.90 Å². The van der Waals surface area contributed by atoms with Crippen molar-refractivity contribution in [2.75, 3.05) is 23.3 Å². The molecule has 1 atom stereocenters. The van der Waals surface area contributed by atoms with Crippen molar-refractivity contribution in [1.82, 2.24) is 4.90 Å². The first-order valence-corrected chi connectivity index (χ1v) is 9.54. The molecule has 28 heavy (non-hydrogen) atoms. The van der Waals surface area contributed by atoms with E-state index in [2.05, 4.69) is 5.32 Å². The average Bonchev–Trinajstić information content (AvgIpc) is 3.15. The van der Waals surface area contributed by atoms with Crippen LogP contribution in [0.4, 0.5) is 11.4 Å². The maximum absolute atomic E-state index is 13.2. The van der Waals surface area contributed by atoms with Gasteiger partial charge >= 0.3 is 0 Å². The molecule has 0 bridgehead atoms. The van der Waals surface area contributed by atoms with Gasteiger partial charge in [-0.3, -0.25) is 14.4 Å². The number of amides is 3. The number of rotatable bonds is 3. The summed E-state index contributed by atoms with van der Waals surface area (Å²) in [5.74, 6) is -0.611. The van der Waals surface area contributed by atoms with Gasteiger partial charge in [0.2, 0.25) is 11.8 Å². The molecule has 0 saturated carbocycles. The summed E-state index contributed by atoms with van der Waals surface area (Å²) in [6.45, 7) is 4.45. The molecule has 0 aromatic heterocycles. The fourth-order valence-corrected chi connectivity index (χ4v) is 3.94. The van der Waals surface area contributed by atoms with E-state index in [4.69, 9.17) is 0 Å². The van der Waals surface area contributed by atoms with E-state index in [1.54, 1.807) is 29.2 Å². The van der Waals surface area contributed by atoms with Gasteiger partial charge in [-0.05, 0) is 62.1 Å². The van der Waals surface area contributed by atoms with E-state index in [0.29, 0.717) is 29.9 Å². The summed E-state index contributed by atoms with van der Waals surface area (Å²) in [5, 5.41) is 2.87. The minimum absolute atomic E-state index is 0.125. The molecule has 2 aromatic carbocycles.